The molecule has 2 heteroatoms. The van der Waals surface area contributed by atoms with Crippen molar-refractivity contribution in [2.75, 3.05) is 6.54 Å². The highest BCUT2D eigenvalue weighted by Crippen LogP contribution is 2.46. The van der Waals surface area contributed by atoms with E-state index in [9.17, 15) is 5.11 Å². The van der Waals surface area contributed by atoms with E-state index in [1.807, 2.05) is 13.8 Å². The van der Waals surface area contributed by atoms with Gasteiger partial charge >= 0.3 is 0 Å². The molecule has 0 unspecified atom stereocenters. The second kappa shape index (κ2) is 4.84. The van der Waals surface area contributed by atoms with Crippen molar-refractivity contribution in [1.29, 1.82) is 0 Å². The molecule has 90 valence electrons. The van der Waals surface area contributed by atoms with Crippen LogP contribution >= 0.6 is 0 Å². The molecule has 0 radical (unpaired) electrons. The highest BCUT2D eigenvalue weighted by Gasteiger charge is 2.44. The summed E-state index contributed by atoms with van der Waals surface area (Å²) in [5.74, 6) is 0.872. The molecule has 0 aromatic carbocycles. The molecule has 0 aromatic rings. The zero-order valence-electron chi connectivity index (χ0n) is 10.6. The van der Waals surface area contributed by atoms with E-state index in [2.05, 4.69) is 6.92 Å². The van der Waals surface area contributed by atoms with Crippen LogP contribution in [-0.2, 0) is 0 Å². The predicted octanol–water partition coefficient (Wildman–Crippen LogP) is 2.69. The lowest BCUT2D eigenvalue weighted by molar-refractivity contribution is -0.0782. The van der Waals surface area contributed by atoms with Gasteiger partial charge in [-0.1, -0.05) is 19.8 Å². The van der Waals surface area contributed by atoms with Crippen molar-refractivity contribution in [3.63, 3.8) is 0 Å². The standard InChI is InChI=1S/C13H27NO/c1-4-5-11-6-8-13(10-14,9-7-11)12(2,3)15/h11,15H,4-10,14H2,1-3H3. The highest BCUT2D eigenvalue weighted by molar-refractivity contribution is 4.97. The lowest BCUT2D eigenvalue weighted by atomic mass is 9.62. The monoisotopic (exact) mass is 213 g/mol. The molecule has 0 heterocycles. The SMILES string of the molecule is CCCC1CCC(CN)(C(C)(C)O)CC1. The van der Waals surface area contributed by atoms with Crippen molar-refractivity contribution in [3.05, 3.63) is 0 Å². The molecule has 15 heavy (non-hydrogen) atoms. The van der Waals surface area contributed by atoms with Crippen LogP contribution in [0.25, 0.3) is 0 Å². The first kappa shape index (κ1) is 13.0. The predicted molar refractivity (Wildman–Crippen MR) is 64.7 cm³/mol. The Balaban J connectivity index is 2.59. The summed E-state index contributed by atoms with van der Waals surface area (Å²) in [5.41, 5.74) is 5.23. The fourth-order valence-corrected chi connectivity index (χ4v) is 2.99. The molecule has 1 aliphatic rings. The molecule has 0 spiro atoms. The third kappa shape index (κ3) is 2.73. The van der Waals surface area contributed by atoms with Gasteiger partial charge in [-0.2, -0.15) is 0 Å². The third-order valence-electron chi connectivity index (χ3n) is 4.45. The van der Waals surface area contributed by atoms with Gasteiger partial charge in [0.05, 0.1) is 5.60 Å². The van der Waals surface area contributed by atoms with Crippen LogP contribution in [-0.4, -0.2) is 17.3 Å². The first-order chi connectivity index (χ1) is 6.95. The summed E-state index contributed by atoms with van der Waals surface area (Å²) < 4.78 is 0. The topological polar surface area (TPSA) is 46.2 Å². The van der Waals surface area contributed by atoms with E-state index in [4.69, 9.17) is 5.73 Å². The van der Waals surface area contributed by atoms with E-state index < -0.39 is 5.60 Å². The van der Waals surface area contributed by atoms with E-state index in [0.29, 0.717) is 6.54 Å². The molecule has 3 N–H and O–H groups in total. The van der Waals surface area contributed by atoms with Crippen LogP contribution in [0.2, 0.25) is 0 Å². The maximum Gasteiger partial charge on any atom is 0.0659 e. The Kier molecular flexibility index (Phi) is 4.19. The van der Waals surface area contributed by atoms with E-state index in [1.54, 1.807) is 0 Å². The van der Waals surface area contributed by atoms with Crippen LogP contribution < -0.4 is 5.73 Å². The summed E-state index contributed by atoms with van der Waals surface area (Å²) in [7, 11) is 0. The molecule has 0 bridgehead atoms. The Bertz CT molecular complexity index is 187. The van der Waals surface area contributed by atoms with Crippen LogP contribution in [0.15, 0.2) is 0 Å². The Morgan fingerprint density at radius 3 is 2.20 bits per heavy atom. The third-order valence-corrected chi connectivity index (χ3v) is 4.45. The molecule has 0 aliphatic heterocycles. The van der Waals surface area contributed by atoms with Crippen molar-refractivity contribution in [1.82, 2.24) is 0 Å². The van der Waals surface area contributed by atoms with Gasteiger partial charge in [-0.3, -0.25) is 0 Å². The molecule has 0 amide bonds. The molecule has 2 nitrogen and oxygen atoms in total. The van der Waals surface area contributed by atoms with E-state index in [-0.39, 0.29) is 5.41 Å². The Labute approximate surface area is 94.2 Å². The van der Waals surface area contributed by atoms with Gasteiger partial charge in [0, 0.05) is 12.0 Å². The molecular formula is C13H27NO. The van der Waals surface area contributed by atoms with E-state index in [1.165, 1.54) is 25.7 Å². The molecule has 0 saturated heterocycles. The van der Waals surface area contributed by atoms with Gasteiger partial charge < -0.3 is 10.8 Å². The maximum atomic E-state index is 10.2. The van der Waals surface area contributed by atoms with Gasteiger partial charge in [-0.15, -0.1) is 0 Å². The molecule has 0 atom stereocenters. The van der Waals surface area contributed by atoms with E-state index in [0.717, 1.165) is 18.8 Å². The van der Waals surface area contributed by atoms with Crippen LogP contribution in [0, 0.1) is 11.3 Å². The largest absolute Gasteiger partial charge is 0.390 e. The van der Waals surface area contributed by atoms with Crippen molar-refractivity contribution >= 4 is 0 Å². The zero-order valence-corrected chi connectivity index (χ0v) is 10.6. The first-order valence-corrected chi connectivity index (χ1v) is 6.37. The average molecular weight is 213 g/mol. The second-order valence-corrected chi connectivity index (χ2v) is 5.78. The molecular weight excluding hydrogens is 186 g/mol. The summed E-state index contributed by atoms with van der Waals surface area (Å²) in [4.78, 5) is 0. The molecule has 0 aromatic heterocycles. The number of hydrogen-bond donors (Lipinski definition) is 2. The minimum absolute atomic E-state index is 0.0305. The minimum atomic E-state index is -0.626. The number of aliphatic hydroxyl groups is 1. The van der Waals surface area contributed by atoms with Crippen molar-refractivity contribution in [2.24, 2.45) is 17.1 Å². The lowest BCUT2D eigenvalue weighted by Crippen LogP contribution is -2.50. The van der Waals surface area contributed by atoms with Crippen molar-refractivity contribution < 1.29 is 5.11 Å². The van der Waals surface area contributed by atoms with Crippen molar-refractivity contribution in [2.45, 2.75) is 64.9 Å². The number of rotatable bonds is 4. The van der Waals surface area contributed by atoms with Crippen LogP contribution in [0.3, 0.4) is 0 Å². The normalized spacial score (nSPS) is 33.0. The molecule has 1 rings (SSSR count). The summed E-state index contributed by atoms with van der Waals surface area (Å²) in [5, 5.41) is 10.2. The lowest BCUT2D eigenvalue weighted by Gasteiger charge is -2.47. The Morgan fingerprint density at radius 1 is 1.33 bits per heavy atom. The quantitative estimate of drug-likeness (QED) is 0.754. The first-order valence-electron chi connectivity index (χ1n) is 6.37. The highest BCUT2D eigenvalue weighted by atomic mass is 16.3. The van der Waals surface area contributed by atoms with Crippen LogP contribution in [0.1, 0.15) is 59.3 Å². The maximum absolute atomic E-state index is 10.2. The second-order valence-electron chi connectivity index (χ2n) is 5.78. The van der Waals surface area contributed by atoms with Crippen molar-refractivity contribution in [3.8, 4) is 0 Å². The van der Waals surface area contributed by atoms with Gasteiger partial charge in [-0.05, 0) is 45.4 Å². The van der Waals surface area contributed by atoms with Gasteiger partial charge in [0.2, 0.25) is 0 Å². The van der Waals surface area contributed by atoms with E-state index >= 15 is 0 Å². The molecule has 1 fully saturated rings. The summed E-state index contributed by atoms with van der Waals surface area (Å²) in [6, 6.07) is 0. The van der Waals surface area contributed by atoms with Gasteiger partial charge in [-0.25, -0.2) is 0 Å². The van der Waals surface area contributed by atoms with Gasteiger partial charge in [0.15, 0.2) is 0 Å². The summed E-state index contributed by atoms with van der Waals surface area (Å²) >= 11 is 0. The van der Waals surface area contributed by atoms with Gasteiger partial charge in [0.1, 0.15) is 0 Å². The minimum Gasteiger partial charge on any atom is -0.390 e. The Hall–Kier alpha value is -0.0800. The molecule has 1 saturated carbocycles. The smallest absolute Gasteiger partial charge is 0.0659 e. The average Bonchev–Trinajstić information content (AvgIpc) is 2.18. The fraction of sp³-hybridized carbons (Fsp3) is 1.00. The summed E-state index contributed by atoms with van der Waals surface area (Å²) in [6.07, 6.45) is 7.30. The van der Waals surface area contributed by atoms with Crippen LogP contribution in [0.4, 0.5) is 0 Å². The summed E-state index contributed by atoms with van der Waals surface area (Å²) in [6.45, 7) is 6.70. The number of hydrogen-bond acceptors (Lipinski definition) is 2. The fourth-order valence-electron chi connectivity index (χ4n) is 2.99. The zero-order chi connectivity index (χ0) is 11.5. The molecule has 1 aliphatic carbocycles. The Morgan fingerprint density at radius 2 is 1.87 bits per heavy atom. The number of nitrogens with two attached hydrogens (primary N) is 1. The van der Waals surface area contributed by atoms with Crippen LogP contribution in [0.5, 0.6) is 0 Å². The van der Waals surface area contributed by atoms with Gasteiger partial charge in [0.25, 0.3) is 0 Å².